The molecule has 3 heteroatoms. The van der Waals surface area contributed by atoms with Crippen LogP contribution in [0, 0.1) is 18.7 Å². The van der Waals surface area contributed by atoms with Crippen molar-refractivity contribution < 1.29 is 9.13 Å². The molecule has 1 fully saturated rings. The summed E-state index contributed by atoms with van der Waals surface area (Å²) in [6, 6.07) is 5.43. The lowest BCUT2D eigenvalue weighted by Crippen LogP contribution is -2.30. The van der Waals surface area contributed by atoms with Crippen molar-refractivity contribution >= 4 is 0 Å². The molecular weight excluding hydrogens is 229 g/mol. The average Bonchev–Trinajstić information content (AvgIpc) is 2.77. The fourth-order valence-electron chi connectivity index (χ4n) is 2.49. The summed E-state index contributed by atoms with van der Waals surface area (Å²) in [5.74, 6) is 0.259. The zero-order valence-corrected chi connectivity index (χ0v) is 11.4. The molecule has 18 heavy (non-hydrogen) atoms. The van der Waals surface area contributed by atoms with E-state index in [-0.39, 0.29) is 11.9 Å². The highest BCUT2D eigenvalue weighted by atomic mass is 19.1. The minimum atomic E-state index is -0.179. The number of nitrogens with one attached hydrogen (secondary N) is 1. The second kappa shape index (κ2) is 5.81. The van der Waals surface area contributed by atoms with Crippen molar-refractivity contribution in [2.75, 3.05) is 13.2 Å². The molecule has 0 aliphatic carbocycles. The van der Waals surface area contributed by atoms with Crippen LogP contribution in [0.4, 0.5) is 4.39 Å². The van der Waals surface area contributed by atoms with Gasteiger partial charge in [0.2, 0.25) is 0 Å². The van der Waals surface area contributed by atoms with Gasteiger partial charge in [0.1, 0.15) is 5.82 Å². The van der Waals surface area contributed by atoms with Crippen LogP contribution in [0.15, 0.2) is 18.2 Å². The van der Waals surface area contributed by atoms with Gasteiger partial charge in [-0.3, -0.25) is 0 Å². The predicted molar refractivity (Wildman–Crippen MR) is 71.1 cm³/mol. The molecule has 100 valence electrons. The zero-order valence-electron chi connectivity index (χ0n) is 11.4. The zero-order chi connectivity index (χ0) is 13.1. The summed E-state index contributed by atoms with van der Waals surface area (Å²) in [5, 5.41) is 3.45. The highest BCUT2D eigenvalue weighted by molar-refractivity contribution is 5.29. The molecule has 1 aliphatic rings. The average molecular weight is 251 g/mol. The van der Waals surface area contributed by atoms with Gasteiger partial charge in [0.05, 0.1) is 6.10 Å². The smallest absolute Gasteiger partial charge is 0.123 e. The maximum absolute atomic E-state index is 13.4. The lowest BCUT2D eigenvalue weighted by molar-refractivity contribution is 0.0893. The van der Waals surface area contributed by atoms with Gasteiger partial charge < -0.3 is 10.1 Å². The molecular formula is C15H22FNO. The van der Waals surface area contributed by atoms with Crippen LogP contribution < -0.4 is 5.32 Å². The van der Waals surface area contributed by atoms with E-state index in [0.29, 0.717) is 12.0 Å². The monoisotopic (exact) mass is 251 g/mol. The molecule has 1 N–H and O–H groups in total. The van der Waals surface area contributed by atoms with Crippen molar-refractivity contribution in [2.24, 2.45) is 5.92 Å². The Balaban J connectivity index is 2.13. The summed E-state index contributed by atoms with van der Waals surface area (Å²) < 4.78 is 19.2. The van der Waals surface area contributed by atoms with Gasteiger partial charge in [-0.25, -0.2) is 4.39 Å². The van der Waals surface area contributed by atoms with E-state index < -0.39 is 0 Å². The number of aryl methyl sites for hydroxylation is 1. The Kier molecular flexibility index (Phi) is 4.36. The molecule has 0 spiro atoms. The first kappa shape index (κ1) is 13.5. The second-order valence-electron chi connectivity index (χ2n) is 5.40. The SMILES string of the molecule is Cc1ccc(F)cc1C1OCCC1CNC(C)C. The minimum absolute atomic E-state index is 0.0342. The first-order chi connectivity index (χ1) is 8.58. The lowest BCUT2D eigenvalue weighted by Gasteiger charge is -2.22. The Morgan fingerprint density at radius 1 is 1.44 bits per heavy atom. The maximum Gasteiger partial charge on any atom is 0.123 e. The van der Waals surface area contributed by atoms with Gasteiger partial charge in [-0.05, 0) is 36.6 Å². The Hall–Kier alpha value is -0.930. The molecule has 1 aliphatic heterocycles. The molecule has 0 radical (unpaired) electrons. The van der Waals surface area contributed by atoms with Gasteiger partial charge in [0.15, 0.2) is 0 Å². The largest absolute Gasteiger partial charge is 0.373 e. The summed E-state index contributed by atoms with van der Waals surface area (Å²) in [5.41, 5.74) is 2.11. The van der Waals surface area contributed by atoms with E-state index in [0.717, 1.165) is 30.7 Å². The van der Waals surface area contributed by atoms with Crippen LogP contribution in [0.3, 0.4) is 0 Å². The van der Waals surface area contributed by atoms with Crippen molar-refractivity contribution in [3.05, 3.63) is 35.1 Å². The highest BCUT2D eigenvalue weighted by Gasteiger charge is 2.30. The molecule has 2 unspecified atom stereocenters. The van der Waals surface area contributed by atoms with Gasteiger partial charge in [0.25, 0.3) is 0 Å². The van der Waals surface area contributed by atoms with E-state index in [1.165, 1.54) is 6.07 Å². The van der Waals surface area contributed by atoms with Crippen LogP contribution in [0.25, 0.3) is 0 Å². The number of hydrogen-bond donors (Lipinski definition) is 1. The third kappa shape index (κ3) is 3.09. The van der Waals surface area contributed by atoms with Crippen LogP contribution in [0.5, 0.6) is 0 Å². The van der Waals surface area contributed by atoms with Crippen LogP contribution in [0.2, 0.25) is 0 Å². The van der Waals surface area contributed by atoms with Gasteiger partial charge >= 0.3 is 0 Å². The molecule has 1 heterocycles. The molecule has 0 amide bonds. The number of halogens is 1. The van der Waals surface area contributed by atoms with E-state index in [1.54, 1.807) is 6.07 Å². The second-order valence-corrected chi connectivity index (χ2v) is 5.40. The van der Waals surface area contributed by atoms with Crippen LogP contribution >= 0.6 is 0 Å². The molecule has 1 aromatic carbocycles. The van der Waals surface area contributed by atoms with Gasteiger partial charge in [-0.2, -0.15) is 0 Å². The summed E-state index contributed by atoms with van der Waals surface area (Å²) in [6.45, 7) is 7.99. The third-order valence-corrected chi connectivity index (χ3v) is 3.55. The molecule has 0 bridgehead atoms. The minimum Gasteiger partial charge on any atom is -0.373 e. The summed E-state index contributed by atoms with van der Waals surface area (Å²) in [7, 11) is 0. The standard InChI is InChI=1S/C15H22FNO/c1-10(2)17-9-12-6-7-18-15(12)14-8-13(16)5-4-11(14)3/h4-5,8,10,12,15,17H,6-7,9H2,1-3H3. The number of ether oxygens (including phenoxy) is 1. The first-order valence-electron chi connectivity index (χ1n) is 6.69. The van der Waals surface area contributed by atoms with Crippen LogP contribution in [-0.4, -0.2) is 19.2 Å². The topological polar surface area (TPSA) is 21.3 Å². The molecule has 2 rings (SSSR count). The molecule has 0 aromatic heterocycles. The molecule has 1 saturated heterocycles. The Morgan fingerprint density at radius 3 is 2.94 bits per heavy atom. The van der Waals surface area contributed by atoms with E-state index in [9.17, 15) is 4.39 Å². The fraction of sp³-hybridized carbons (Fsp3) is 0.600. The Morgan fingerprint density at radius 2 is 2.22 bits per heavy atom. The van der Waals surface area contributed by atoms with E-state index in [1.807, 2.05) is 13.0 Å². The highest BCUT2D eigenvalue weighted by Crippen LogP contribution is 2.36. The van der Waals surface area contributed by atoms with E-state index in [4.69, 9.17) is 4.74 Å². The Labute approximate surface area is 109 Å². The number of benzene rings is 1. The summed E-state index contributed by atoms with van der Waals surface area (Å²) >= 11 is 0. The maximum atomic E-state index is 13.4. The fourth-order valence-corrected chi connectivity index (χ4v) is 2.49. The Bertz CT molecular complexity index is 405. The number of rotatable bonds is 4. The van der Waals surface area contributed by atoms with Crippen molar-refractivity contribution in [3.8, 4) is 0 Å². The molecule has 2 nitrogen and oxygen atoms in total. The van der Waals surface area contributed by atoms with Crippen LogP contribution in [0.1, 0.15) is 37.5 Å². The van der Waals surface area contributed by atoms with Gasteiger partial charge in [-0.1, -0.05) is 19.9 Å². The van der Waals surface area contributed by atoms with E-state index >= 15 is 0 Å². The van der Waals surface area contributed by atoms with Gasteiger partial charge in [-0.15, -0.1) is 0 Å². The first-order valence-corrected chi connectivity index (χ1v) is 6.69. The predicted octanol–water partition coefficient (Wildman–Crippen LogP) is 3.21. The quantitative estimate of drug-likeness (QED) is 0.887. The molecule has 1 aromatic rings. The van der Waals surface area contributed by atoms with Crippen molar-refractivity contribution in [1.29, 1.82) is 0 Å². The molecule has 2 atom stereocenters. The summed E-state index contributed by atoms with van der Waals surface area (Å²) in [4.78, 5) is 0. The summed E-state index contributed by atoms with van der Waals surface area (Å²) in [6.07, 6.45) is 1.08. The van der Waals surface area contributed by atoms with Crippen molar-refractivity contribution in [3.63, 3.8) is 0 Å². The lowest BCUT2D eigenvalue weighted by atomic mass is 9.92. The van der Waals surface area contributed by atoms with E-state index in [2.05, 4.69) is 19.2 Å². The molecule has 0 saturated carbocycles. The van der Waals surface area contributed by atoms with Crippen LogP contribution in [-0.2, 0) is 4.74 Å². The number of hydrogen-bond acceptors (Lipinski definition) is 2. The van der Waals surface area contributed by atoms with Gasteiger partial charge in [0, 0.05) is 25.1 Å². The third-order valence-electron chi connectivity index (χ3n) is 3.55. The van der Waals surface area contributed by atoms with Crippen molar-refractivity contribution in [2.45, 2.75) is 39.3 Å². The normalized spacial score (nSPS) is 23.8. The van der Waals surface area contributed by atoms with Crippen molar-refractivity contribution in [1.82, 2.24) is 5.32 Å².